The summed E-state index contributed by atoms with van der Waals surface area (Å²) >= 11 is 0. The smallest absolute Gasteiger partial charge is 0.368 e. The number of ether oxygens (including phenoxy) is 1. The standard InChI is InChI=1S/C20H24F6N4O6/c21-19(22,23)7-29-16(34)17(35)30-8-18(5-12(30)14(27)32)4-11(18)10(3-9-1-2-28-15(9)33)13(31)6-36-20(24,25)26/h9-12H,1-8H2,(H2,27,32)(H,28,33)(H,29,34)/t9-,10+,11?,12?,18?/m1/s1. The second kappa shape index (κ2) is 9.86. The fourth-order valence-corrected chi connectivity index (χ4v) is 5.18. The van der Waals surface area contributed by atoms with E-state index < -0.39 is 78.4 Å². The van der Waals surface area contributed by atoms with Gasteiger partial charge < -0.3 is 21.3 Å². The number of hydrogen-bond acceptors (Lipinski definition) is 6. The molecule has 202 valence electrons. The molecule has 4 amide bonds. The molecule has 0 bridgehead atoms. The van der Waals surface area contributed by atoms with Crippen LogP contribution >= 0.6 is 0 Å². The van der Waals surface area contributed by atoms with Crippen molar-refractivity contribution in [1.82, 2.24) is 15.5 Å². The molecule has 3 unspecified atom stereocenters. The van der Waals surface area contributed by atoms with Crippen LogP contribution in [-0.4, -0.2) is 79.1 Å². The Kier molecular flexibility index (Phi) is 7.58. The first kappa shape index (κ1) is 27.7. The Balaban J connectivity index is 1.76. The number of primary amides is 1. The summed E-state index contributed by atoms with van der Waals surface area (Å²) in [6.07, 6.45) is -9.54. The second-order valence-corrected chi connectivity index (χ2v) is 9.35. The summed E-state index contributed by atoms with van der Waals surface area (Å²) in [5.74, 6) is -7.73. The summed E-state index contributed by atoms with van der Waals surface area (Å²) < 4.78 is 78.3. The third kappa shape index (κ3) is 6.44. The molecule has 0 aromatic rings. The van der Waals surface area contributed by atoms with Crippen molar-refractivity contribution >= 4 is 29.4 Å². The van der Waals surface area contributed by atoms with E-state index >= 15 is 0 Å². The van der Waals surface area contributed by atoms with Crippen LogP contribution in [0.3, 0.4) is 0 Å². The van der Waals surface area contributed by atoms with Gasteiger partial charge in [-0.1, -0.05) is 0 Å². The number of ketones is 1. The third-order valence-corrected chi connectivity index (χ3v) is 6.93. The lowest BCUT2D eigenvalue weighted by molar-refractivity contribution is -0.321. The molecule has 36 heavy (non-hydrogen) atoms. The van der Waals surface area contributed by atoms with Gasteiger partial charge in [0.15, 0.2) is 5.78 Å². The number of carbonyl (C=O) groups is 5. The molecule has 1 aliphatic carbocycles. The number of carbonyl (C=O) groups excluding carboxylic acids is 5. The van der Waals surface area contributed by atoms with Crippen molar-refractivity contribution in [2.24, 2.45) is 28.9 Å². The van der Waals surface area contributed by atoms with E-state index in [1.807, 2.05) is 0 Å². The van der Waals surface area contributed by atoms with E-state index in [-0.39, 0.29) is 31.7 Å². The summed E-state index contributed by atoms with van der Waals surface area (Å²) in [6.45, 7) is -3.06. The Labute approximate surface area is 200 Å². The molecule has 2 saturated heterocycles. The minimum Gasteiger partial charge on any atom is -0.368 e. The van der Waals surface area contributed by atoms with Gasteiger partial charge in [0, 0.05) is 24.9 Å². The fourth-order valence-electron chi connectivity index (χ4n) is 5.18. The van der Waals surface area contributed by atoms with E-state index in [1.54, 1.807) is 0 Å². The van der Waals surface area contributed by atoms with Crippen LogP contribution in [0.25, 0.3) is 0 Å². The molecule has 16 heteroatoms. The van der Waals surface area contributed by atoms with Gasteiger partial charge in [-0.05, 0) is 37.0 Å². The molecule has 0 aromatic carbocycles. The van der Waals surface area contributed by atoms with Crippen molar-refractivity contribution < 1.29 is 55.1 Å². The summed E-state index contributed by atoms with van der Waals surface area (Å²) in [6, 6.07) is -1.36. The van der Waals surface area contributed by atoms with Crippen LogP contribution in [-0.2, 0) is 28.7 Å². The molecular weight excluding hydrogens is 506 g/mol. The van der Waals surface area contributed by atoms with Crippen LogP contribution in [0.1, 0.15) is 25.7 Å². The average molecular weight is 530 g/mol. The highest BCUT2D eigenvalue weighted by molar-refractivity contribution is 6.35. The maximum absolute atomic E-state index is 12.7. The van der Waals surface area contributed by atoms with Gasteiger partial charge in [0.05, 0.1) is 0 Å². The second-order valence-electron chi connectivity index (χ2n) is 9.35. The first-order valence-corrected chi connectivity index (χ1v) is 11.0. The van der Waals surface area contributed by atoms with E-state index in [0.29, 0.717) is 13.0 Å². The predicted octanol–water partition coefficient (Wildman–Crippen LogP) is 0.00530. The number of Topliss-reactive ketones (excluding diaryl/α,β-unsaturated/α-hetero) is 1. The maximum atomic E-state index is 12.7. The molecule has 2 heterocycles. The molecule has 0 radical (unpaired) electrons. The number of nitrogens with two attached hydrogens (primary N) is 1. The first-order chi connectivity index (χ1) is 16.5. The predicted molar refractivity (Wildman–Crippen MR) is 105 cm³/mol. The van der Waals surface area contributed by atoms with Crippen LogP contribution in [0.2, 0.25) is 0 Å². The SMILES string of the molecule is NC(=O)C1CC2(CC2[C@H](C[C@H]2CCNC2=O)C(=O)COC(F)(F)F)CN1C(=O)C(=O)NCC(F)(F)F. The van der Waals surface area contributed by atoms with Crippen LogP contribution < -0.4 is 16.4 Å². The molecule has 3 fully saturated rings. The number of likely N-dealkylation sites (tertiary alicyclic amines) is 1. The lowest BCUT2D eigenvalue weighted by Gasteiger charge is -2.22. The minimum atomic E-state index is -5.07. The molecule has 1 spiro atoms. The lowest BCUT2D eigenvalue weighted by Crippen LogP contribution is -2.50. The van der Waals surface area contributed by atoms with Gasteiger partial charge in [0.2, 0.25) is 11.8 Å². The fraction of sp³-hybridized carbons (Fsp3) is 0.750. The number of alkyl halides is 6. The van der Waals surface area contributed by atoms with Gasteiger partial charge in [0.25, 0.3) is 0 Å². The highest BCUT2D eigenvalue weighted by Crippen LogP contribution is 2.64. The van der Waals surface area contributed by atoms with E-state index in [2.05, 4.69) is 10.1 Å². The van der Waals surface area contributed by atoms with E-state index in [4.69, 9.17) is 5.73 Å². The van der Waals surface area contributed by atoms with E-state index in [0.717, 1.165) is 4.90 Å². The Bertz CT molecular complexity index is 941. The van der Waals surface area contributed by atoms with Crippen molar-refractivity contribution in [2.45, 2.75) is 44.3 Å². The minimum absolute atomic E-state index is 0.0838. The summed E-state index contributed by atoms with van der Waals surface area (Å²) in [7, 11) is 0. The van der Waals surface area contributed by atoms with E-state index in [1.165, 1.54) is 5.32 Å². The number of rotatable bonds is 8. The molecule has 5 atom stereocenters. The average Bonchev–Trinajstić information content (AvgIpc) is 3.07. The molecule has 4 N–H and O–H groups in total. The molecule has 0 aromatic heterocycles. The van der Waals surface area contributed by atoms with Gasteiger partial charge in [-0.2, -0.15) is 13.2 Å². The topological polar surface area (TPSA) is 148 Å². The Morgan fingerprint density at radius 2 is 1.83 bits per heavy atom. The summed E-state index contributed by atoms with van der Waals surface area (Å²) in [5, 5.41) is 3.98. The number of nitrogens with one attached hydrogen (secondary N) is 2. The van der Waals surface area contributed by atoms with Gasteiger partial charge in [-0.3, -0.25) is 28.7 Å². The van der Waals surface area contributed by atoms with Crippen molar-refractivity contribution in [1.29, 1.82) is 0 Å². The van der Waals surface area contributed by atoms with Gasteiger partial charge in [0.1, 0.15) is 19.2 Å². The molecule has 1 saturated carbocycles. The van der Waals surface area contributed by atoms with Gasteiger partial charge in [-0.15, -0.1) is 13.2 Å². The number of nitrogens with zero attached hydrogens (tertiary/aromatic N) is 1. The van der Waals surface area contributed by atoms with Crippen molar-refractivity contribution in [3.05, 3.63) is 0 Å². The highest BCUT2D eigenvalue weighted by Gasteiger charge is 2.65. The Morgan fingerprint density at radius 3 is 2.36 bits per heavy atom. The van der Waals surface area contributed by atoms with Crippen molar-refractivity contribution in [3.8, 4) is 0 Å². The van der Waals surface area contributed by atoms with Crippen LogP contribution in [0.4, 0.5) is 26.3 Å². The summed E-state index contributed by atoms with van der Waals surface area (Å²) in [5.41, 5.74) is 4.36. The first-order valence-electron chi connectivity index (χ1n) is 11.0. The number of halogens is 6. The monoisotopic (exact) mass is 530 g/mol. The largest absolute Gasteiger partial charge is 0.522 e. The Morgan fingerprint density at radius 1 is 1.17 bits per heavy atom. The van der Waals surface area contributed by atoms with E-state index in [9.17, 15) is 50.3 Å². The van der Waals surface area contributed by atoms with Crippen molar-refractivity contribution in [3.63, 3.8) is 0 Å². The van der Waals surface area contributed by atoms with Crippen LogP contribution in [0.15, 0.2) is 0 Å². The zero-order chi connectivity index (χ0) is 27.1. The molecular formula is C20H24F6N4O6. The normalized spacial score (nSPS) is 28.7. The molecule has 3 rings (SSSR count). The maximum Gasteiger partial charge on any atom is 0.522 e. The highest BCUT2D eigenvalue weighted by atomic mass is 19.4. The van der Waals surface area contributed by atoms with Crippen LogP contribution in [0.5, 0.6) is 0 Å². The van der Waals surface area contributed by atoms with Crippen LogP contribution in [0, 0.1) is 23.2 Å². The molecule has 10 nitrogen and oxygen atoms in total. The zero-order valence-corrected chi connectivity index (χ0v) is 18.7. The Hall–Kier alpha value is -2.91. The zero-order valence-electron chi connectivity index (χ0n) is 18.7. The van der Waals surface area contributed by atoms with Gasteiger partial charge in [-0.25, -0.2) is 0 Å². The quantitative estimate of drug-likeness (QED) is 0.298. The molecule has 3 aliphatic rings. The van der Waals surface area contributed by atoms with Gasteiger partial charge >= 0.3 is 24.4 Å². The lowest BCUT2D eigenvalue weighted by atomic mass is 9.83. The number of hydrogen-bond donors (Lipinski definition) is 3. The van der Waals surface area contributed by atoms with Crippen molar-refractivity contribution in [2.75, 3.05) is 26.2 Å². The number of amides is 4. The third-order valence-electron chi connectivity index (χ3n) is 6.93. The molecule has 2 aliphatic heterocycles. The summed E-state index contributed by atoms with van der Waals surface area (Å²) in [4.78, 5) is 61.9.